The predicted molar refractivity (Wildman–Crippen MR) is 103 cm³/mol. The second-order valence-corrected chi connectivity index (χ2v) is 7.09. The van der Waals surface area contributed by atoms with E-state index in [2.05, 4.69) is 4.74 Å². The molecule has 1 aliphatic rings. The van der Waals surface area contributed by atoms with Crippen molar-refractivity contribution in [3.8, 4) is 11.5 Å². The largest absolute Gasteiger partial charge is 0.490 e. The van der Waals surface area contributed by atoms with Crippen LogP contribution in [0.1, 0.15) is 45.1 Å². The lowest BCUT2D eigenvalue weighted by molar-refractivity contribution is -0.138. The highest BCUT2D eigenvalue weighted by Crippen LogP contribution is 2.34. The number of alkyl halides is 2. The molecule has 0 spiro atoms. The van der Waals surface area contributed by atoms with Crippen molar-refractivity contribution in [2.24, 2.45) is 11.7 Å². The van der Waals surface area contributed by atoms with Crippen LogP contribution in [-0.2, 0) is 11.3 Å². The van der Waals surface area contributed by atoms with Gasteiger partial charge < -0.3 is 20.1 Å². The van der Waals surface area contributed by atoms with Crippen molar-refractivity contribution < 1.29 is 23.0 Å². The van der Waals surface area contributed by atoms with Gasteiger partial charge in [0.05, 0.1) is 12.5 Å². The van der Waals surface area contributed by atoms with Crippen LogP contribution in [0.25, 0.3) is 0 Å². The fourth-order valence-electron chi connectivity index (χ4n) is 3.49. The van der Waals surface area contributed by atoms with Crippen LogP contribution >= 0.6 is 12.4 Å². The number of carbonyl (C=O) groups excluding carboxylic acids is 1. The van der Waals surface area contributed by atoms with Gasteiger partial charge in [0.1, 0.15) is 0 Å². The summed E-state index contributed by atoms with van der Waals surface area (Å²) in [4.78, 5) is 14.5. The molecule has 2 rings (SSSR count). The average Bonchev–Trinajstić information content (AvgIpc) is 2.56. The number of rotatable bonds is 7. The van der Waals surface area contributed by atoms with Gasteiger partial charge in [-0.25, -0.2) is 0 Å². The lowest BCUT2D eigenvalue weighted by atomic mass is 9.74. The summed E-state index contributed by atoms with van der Waals surface area (Å²) in [5.41, 5.74) is 6.62. The van der Waals surface area contributed by atoms with Crippen LogP contribution in [0, 0.1) is 5.92 Å². The van der Waals surface area contributed by atoms with Gasteiger partial charge in [-0.05, 0) is 44.4 Å². The monoisotopic (exact) mass is 406 g/mol. The summed E-state index contributed by atoms with van der Waals surface area (Å²) in [6, 6.07) is 4.73. The molecule has 0 aliphatic heterocycles. The van der Waals surface area contributed by atoms with Crippen molar-refractivity contribution >= 4 is 18.3 Å². The van der Waals surface area contributed by atoms with Crippen molar-refractivity contribution in [1.82, 2.24) is 4.90 Å². The Morgan fingerprint density at radius 1 is 1.37 bits per heavy atom. The highest BCUT2D eigenvalue weighted by atomic mass is 35.5. The lowest BCUT2D eigenvalue weighted by Crippen LogP contribution is -2.53. The number of nitrogens with zero attached hydrogens (tertiary/aromatic N) is 1. The number of carbonyl (C=O) groups is 1. The molecule has 0 aromatic heterocycles. The first-order valence-corrected chi connectivity index (χ1v) is 8.99. The summed E-state index contributed by atoms with van der Waals surface area (Å²) in [6.07, 6.45) is 3.68. The van der Waals surface area contributed by atoms with E-state index >= 15 is 0 Å². The maximum Gasteiger partial charge on any atom is 0.387 e. The Balaban J connectivity index is 0.00000364. The zero-order valence-electron chi connectivity index (χ0n) is 16.0. The van der Waals surface area contributed by atoms with Crippen LogP contribution in [0.4, 0.5) is 8.78 Å². The normalized spacial score (nSPS) is 22.1. The van der Waals surface area contributed by atoms with Gasteiger partial charge in [0.25, 0.3) is 0 Å². The van der Waals surface area contributed by atoms with Gasteiger partial charge in [-0.2, -0.15) is 8.78 Å². The maximum atomic E-state index is 12.8. The second-order valence-electron chi connectivity index (χ2n) is 7.09. The van der Waals surface area contributed by atoms with Crippen molar-refractivity contribution in [3.05, 3.63) is 23.8 Å². The van der Waals surface area contributed by atoms with Crippen molar-refractivity contribution in [2.45, 2.75) is 58.2 Å². The molecule has 1 aromatic rings. The lowest BCUT2D eigenvalue weighted by Gasteiger charge is -2.39. The summed E-state index contributed by atoms with van der Waals surface area (Å²) < 4.78 is 34.8. The quantitative estimate of drug-likeness (QED) is 0.744. The molecule has 5 nitrogen and oxygen atoms in total. The summed E-state index contributed by atoms with van der Waals surface area (Å²) in [5, 5.41) is 0. The van der Waals surface area contributed by atoms with Gasteiger partial charge in [0, 0.05) is 19.1 Å². The molecule has 1 aliphatic carbocycles. The predicted octanol–water partition coefficient (Wildman–Crippen LogP) is 3.97. The molecular formula is C19H29ClF2N2O3. The summed E-state index contributed by atoms with van der Waals surface area (Å²) in [7, 11) is 1.73. The number of halogens is 3. The van der Waals surface area contributed by atoms with Crippen LogP contribution < -0.4 is 15.2 Å². The minimum atomic E-state index is -2.92. The van der Waals surface area contributed by atoms with Gasteiger partial charge in [-0.3, -0.25) is 4.79 Å². The third kappa shape index (κ3) is 6.21. The molecule has 0 saturated heterocycles. The first-order valence-electron chi connectivity index (χ1n) is 8.99. The van der Waals surface area contributed by atoms with Crippen LogP contribution in [-0.4, -0.2) is 36.6 Å². The van der Waals surface area contributed by atoms with Crippen molar-refractivity contribution in [2.75, 3.05) is 13.7 Å². The third-order valence-corrected chi connectivity index (χ3v) is 4.87. The molecule has 0 heterocycles. The van der Waals surface area contributed by atoms with Gasteiger partial charge >= 0.3 is 6.61 Å². The molecule has 2 unspecified atom stereocenters. The standard InChI is InChI=1S/C19H28F2N2O3.ClH/c1-4-25-16-11-13(8-9-15(16)26-18(20)21)12-23(3)17(24)14-7-5-6-10-19(14,2)22;/h8-9,11,14,18H,4-7,10,12,22H2,1-3H3;1H. The minimum absolute atomic E-state index is 0. The number of ether oxygens (including phenoxy) is 2. The topological polar surface area (TPSA) is 64.8 Å². The Hall–Kier alpha value is -1.60. The fourth-order valence-corrected chi connectivity index (χ4v) is 3.49. The molecule has 2 N–H and O–H groups in total. The van der Waals surface area contributed by atoms with Gasteiger partial charge in [0.2, 0.25) is 5.91 Å². The Kier molecular flexibility index (Phi) is 8.75. The molecule has 1 saturated carbocycles. The molecular weight excluding hydrogens is 378 g/mol. The molecule has 1 amide bonds. The van der Waals surface area contributed by atoms with Gasteiger partial charge in [-0.15, -0.1) is 12.4 Å². The Bertz CT molecular complexity index is 629. The first kappa shape index (κ1) is 23.4. The van der Waals surface area contributed by atoms with Crippen LogP contribution in [0.2, 0.25) is 0 Å². The number of nitrogens with two attached hydrogens (primary N) is 1. The number of hydrogen-bond donors (Lipinski definition) is 1. The molecule has 1 aromatic carbocycles. The molecule has 27 heavy (non-hydrogen) atoms. The van der Waals surface area contributed by atoms with E-state index < -0.39 is 12.2 Å². The zero-order valence-corrected chi connectivity index (χ0v) is 16.9. The molecule has 154 valence electrons. The van der Waals surface area contributed by atoms with Crippen LogP contribution in [0.5, 0.6) is 11.5 Å². The van der Waals surface area contributed by atoms with E-state index in [0.717, 1.165) is 31.2 Å². The molecule has 1 fully saturated rings. The Labute approximate surface area is 165 Å². The summed E-state index contributed by atoms with van der Waals surface area (Å²) in [6.45, 7) is 1.45. The fraction of sp³-hybridized carbons (Fsp3) is 0.632. The smallest absolute Gasteiger partial charge is 0.387 e. The highest BCUT2D eigenvalue weighted by molar-refractivity contribution is 5.85. The maximum absolute atomic E-state index is 12.8. The number of benzene rings is 1. The SMILES string of the molecule is CCOc1cc(CN(C)C(=O)C2CCCCC2(C)N)ccc1OC(F)F.Cl. The molecule has 2 atom stereocenters. The molecule has 8 heteroatoms. The van der Waals surface area contributed by atoms with Crippen LogP contribution in [0.15, 0.2) is 18.2 Å². The van der Waals surface area contributed by atoms with E-state index in [1.165, 1.54) is 6.07 Å². The highest BCUT2D eigenvalue weighted by Gasteiger charge is 2.39. The summed E-state index contributed by atoms with van der Waals surface area (Å²) >= 11 is 0. The third-order valence-electron chi connectivity index (χ3n) is 4.87. The zero-order chi connectivity index (χ0) is 19.3. The van der Waals surface area contributed by atoms with Gasteiger partial charge in [-0.1, -0.05) is 18.9 Å². The van der Waals surface area contributed by atoms with E-state index in [1.54, 1.807) is 31.0 Å². The van der Waals surface area contributed by atoms with Gasteiger partial charge in [0.15, 0.2) is 11.5 Å². The van der Waals surface area contributed by atoms with E-state index in [-0.39, 0.29) is 35.7 Å². The Morgan fingerprint density at radius 3 is 2.67 bits per heavy atom. The van der Waals surface area contributed by atoms with E-state index in [0.29, 0.717) is 13.2 Å². The van der Waals surface area contributed by atoms with E-state index in [4.69, 9.17) is 10.5 Å². The summed E-state index contributed by atoms with van der Waals surface area (Å²) in [5.74, 6) is 0.0449. The Morgan fingerprint density at radius 2 is 2.07 bits per heavy atom. The van der Waals surface area contributed by atoms with Crippen molar-refractivity contribution in [1.29, 1.82) is 0 Å². The van der Waals surface area contributed by atoms with Crippen molar-refractivity contribution in [3.63, 3.8) is 0 Å². The number of amides is 1. The molecule has 0 bridgehead atoms. The minimum Gasteiger partial charge on any atom is -0.490 e. The van der Waals surface area contributed by atoms with Crippen LogP contribution in [0.3, 0.4) is 0 Å². The number of hydrogen-bond acceptors (Lipinski definition) is 4. The average molecular weight is 407 g/mol. The first-order chi connectivity index (χ1) is 12.2. The van der Waals surface area contributed by atoms with E-state index in [9.17, 15) is 13.6 Å². The second kappa shape index (κ2) is 10.1. The van der Waals surface area contributed by atoms with E-state index in [1.807, 2.05) is 6.92 Å². The molecule has 0 radical (unpaired) electrons.